The van der Waals surface area contributed by atoms with Crippen LogP contribution in [0.15, 0.2) is 30.3 Å². The van der Waals surface area contributed by atoms with Crippen LogP contribution in [-0.2, 0) is 6.54 Å². The summed E-state index contributed by atoms with van der Waals surface area (Å²) in [4.78, 5) is 4.67. The lowest BCUT2D eigenvalue weighted by Gasteiger charge is -2.12. The number of rotatable bonds is 6. The molecule has 1 aromatic heterocycles. The van der Waals surface area contributed by atoms with Crippen molar-refractivity contribution in [1.29, 1.82) is 0 Å². The summed E-state index contributed by atoms with van der Waals surface area (Å²) in [7, 11) is 0. The molecule has 0 aliphatic rings. The van der Waals surface area contributed by atoms with E-state index in [1.54, 1.807) is 0 Å². The lowest BCUT2D eigenvalue weighted by atomic mass is 10.1. The van der Waals surface area contributed by atoms with Crippen molar-refractivity contribution in [3.8, 4) is 5.75 Å². The smallest absolute Gasteiger partial charge is 0.130 e. The Kier molecular flexibility index (Phi) is 4.74. The largest absolute Gasteiger partial charge is 0.493 e. The summed E-state index contributed by atoms with van der Waals surface area (Å²) in [6.45, 7) is 7.89. The minimum atomic E-state index is 0.452. The fourth-order valence-corrected chi connectivity index (χ4v) is 1.93. The van der Waals surface area contributed by atoms with E-state index in [0.29, 0.717) is 6.04 Å². The van der Waals surface area contributed by atoms with Gasteiger partial charge >= 0.3 is 0 Å². The second-order valence-corrected chi connectivity index (χ2v) is 5.01. The Bertz CT molecular complexity index is 537. The molecule has 2 rings (SSSR count). The Hall–Kier alpha value is -1.61. The van der Waals surface area contributed by atoms with E-state index in [0.717, 1.165) is 41.9 Å². The van der Waals surface area contributed by atoms with Crippen LogP contribution in [0.4, 0.5) is 0 Å². The molecule has 0 amide bonds. The van der Waals surface area contributed by atoms with Gasteiger partial charge in [0.2, 0.25) is 0 Å². The predicted molar refractivity (Wildman–Crippen MR) is 79.5 cm³/mol. The van der Waals surface area contributed by atoms with Gasteiger partial charge in [0.25, 0.3) is 0 Å². The van der Waals surface area contributed by atoms with Crippen molar-refractivity contribution in [3.63, 3.8) is 0 Å². The fourth-order valence-electron chi connectivity index (χ4n) is 1.93. The molecular formula is C16H22N2O. The van der Waals surface area contributed by atoms with E-state index in [2.05, 4.69) is 37.1 Å². The fraction of sp³-hybridized carbons (Fsp3) is 0.438. The number of nitrogens with zero attached hydrogens (tertiary/aromatic N) is 1. The molecule has 0 radical (unpaired) electrons. The van der Waals surface area contributed by atoms with Gasteiger partial charge in [-0.25, -0.2) is 0 Å². The topological polar surface area (TPSA) is 34.1 Å². The van der Waals surface area contributed by atoms with Crippen molar-refractivity contribution in [2.24, 2.45) is 0 Å². The maximum absolute atomic E-state index is 5.85. The number of aromatic nitrogens is 1. The standard InChI is InChI=1S/C16H22N2O/c1-4-9-19-16-10-13(11-17-12(2)3)18-15-8-6-5-7-14(15)16/h5-8,10,12,17H,4,9,11H2,1-3H3. The van der Waals surface area contributed by atoms with Crippen LogP contribution >= 0.6 is 0 Å². The first-order valence-corrected chi connectivity index (χ1v) is 6.95. The number of hydrogen-bond donors (Lipinski definition) is 1. The summed E-state index contributed by atoms with van der Waals surface area (Å²) in [5, 5.41) is 4.48. The third kappa shape index (κ3) is 3.67. The zero-order chi connectivity index (χ0) is 13.7. The van der Waals surface area contributed by atoms with E-state index in [-0.39, 0.29) is 0 Å². The molecule has 19 heavy (non-hydrogen) atoms. The number of hydrogen-bond acceptors (Lipinski definition) is 3. The van der Waals surface area contributed by atoms with Gasteiger partial charge in [-0.3, -0.25) is 4.98 Å². The number of pyridine rings is 1. The molecule has 0 unspecified atom stereocenters. The maximum Gasteiger partial charge on any atom is 0.130 e. The second-order valence-electron chi connectivity index (χ2n) is 5.01. The second kappa shape index (κ2) is 6.53. The van der Waals surface area contributed by atoms with Crippen molar-refractivity contribution >= 4 is 10.9 Å². The van der Waals surface area contributed by atoms with E-state index in [4.69, 9.17) is 4.74 Å². The molecule has 1 aromatic carbocycles. The number of benzene rings is 1. The van der Waals surface area contributed by atoms with Gasteiger partial charge in [-0.05, 0) is 18.6 Å². The molecule has 0 spiro atoms. The Morgan fingerprint density at radius 3 is 2.79 bits per heavy atom. The molecule has 2 aromatic rings. The van der Waals surface area contributed by atoms with E-state index in [1.807, 2.05) is 24.3 Å². The highest BCUT2D eigenvalue weighted by atomic mass is 16.5. The zero-order valence-electron chi connectivity index (χ0n) is 11.9. The highest BCUT2D eigenvalue weighted by Crippen LogP contribution is 2.25. The highest BCUT2D eigenvalue weighted by molar-refractivity contribution is 5.85. The van der Waals surface area contributed by atoms with E-state index in [9.17, 15) is 0 Å². The van der Waals surface area contributed by atoms with Crippen molar-refractivity contribution < 1.29 is 4.74 Å². The van der Waals surface area contributed by atoms with Crippen LogP contribution in [0, 0.1) is 0 Å². The maximum atomic E-state index is 5.85. The molecule has 0 atom stereocenters. The van der Waals surface area contributed by atoms with Crippen molar-refractivity contribution in [1.82, 2.24) is 10.3 Å². The van der Waals surface area contributed by atoms with E-state index in [1.165, 1.54) is 0 Å². The molecule has 0 saturated heterocycles. The predicted octanol–water partition coefficient (Wildman–Crippen LogP) is 3.52. The first-order valence-electron chi connectivity index (χ1n) is 6.95. The summed E-state index contributed by atoms with van der Waals surface area (Å²) >= 11 is 0. The van der Waals surface area contributed by atoms with Crippen molar-refractivity contribution in [3.05, 3.63) is 36.0 Å². The van der Waals surface area contributed by atoms with E-state index < -0.39 is 0 Å². The van der Waals surface area contributed by atoms with Crippen LogP contribution in [0.25, 0.3) is 10.9 Å². The monoisotopic (exact) mass is 258 g/mol. The molecule has 3 nitrogen and oxygen atoms in total. The molecular weight excluding hydrogens is 236 g/mol. The van der Waals surface area contributed by atoms with Crippen LogP contribution in [0.3, 0.4) is 0 Å². The Balaban J connectivity index is 2.32. The Labute approximate surface area is 115 Å². The third-order valence-electron chi connectivity index (χ3n) is 2.88. The SMILES string of the molecule is CCCOc1cc(CNC(C)C)nc2ccccc12. The van der Waals surface area contributed by atoms with Gasteiger partial charge in [0.15, 0.2) is 0 Å². The van der Waals surface area contributed by atoms with Crippen LogP contribution < -0.4 is 10.1 Å². The Morgan fingerprint density at radius 2 is 2.05 bits per heavy atom. The van der Waals surface area contributed by atoms with Gasteiger partial charge in [0, 0.05) is 24.0 Å². The quantitative estimate of drug-likeness (QED) is 0.860. The lowest BCUT2D eigenvalue weighted by molar-refractivity contribution is 0.320. The van der Waals surface area contributed by atoms with Gasteiger partial charge < -0.3 is 10.1 Å². The molecule has 1 heterocycles. The summed E-state index contributed by atoms with van der Waals surface area (Å²) < 4.78 is 5.85. The molecule has 0 aliphatic heterocycles. The van der Waals surface area contributed by atoms with Crippen LogP contribution in [0.1, 0.15) is 32.9 Å². The summed E-state index contributed by atoms with van der Waals surface area (Å²) in [5.41, 5.74) is 2.02. The highest BCUT2D eigenvalue weighted by Gasteiger charge is 2.06. The molecule has 0 aliphatic carbocycles. The summed E-state index contributed by atoms with van der Waals surface area (Å²) in [5.74, 6) is 0.938. The van der Waals surface area contributed by atoms with Gasteiger partial charge in [-0.1, -0.05) is 32.9 Å². The van der Waals surface area contributed by atoms with Gasteiger partial charge in [-0.2, -0.15) is 0 Å². The van der Waals surface area contributed by atoms with Crippen molar-refractivity contribution in [2.45, 2.75) is 39.8 Å². The van der Waals surface area contributed by atoms with Gasteiger partial charge in [0.05, 0.1) is 17.8 Å². The van der Waals surface area contributed by atoms with Gasteiger partial charge in [0.1, 0.15) is 5.75 Å². The molecule has 102 valence electrons. The molecule has 1 N–H and O–H groups in total. The van der Waals surface area contributed by atoms with Crippen LogP contribution in [-0.4, -0.2) is 17.6 Å². The number of para-hydroxylation sites is 1. The first kappa shape index (κ1) is 13.8. The average Bonchev–Trinajstić information content (AvgIpc) is 2.42. The number of ether oxygens (including phenoxy) is 1. The first-order chi connectivity index (χ1) is 9.20. The number of fused-ring (bicyclic) bond motifs is 1. The molecule has 0 bridgehead atoms. The number of nitrogens with one attached hydrogen (secondary N) is 1. The molecule has 3 heteroatoms. The summed E-state index contributed by atoms with van der Waals surface area (Å²) in [6, 6.07) is 10.6. The lowest BCUT2D eigenvalue weighted by Crippen LogP contribution is -2.22. The van der Waals surface area contributed by atoms with Crippen LogP contribution in [0.2, 0.25) is 0 Å². The molecule has 0 fully saturated rings. The Morgan fingerprint density at radius 1 is 1.26 bits per heavy atom. The molecule has 0 saturated carbocycles. The minimum Gasteiger partial charge on any atom is -0.493 e. The average molecular weight is 258 g/mol. The normalized spacial score (nSPS) is 11.2. The van der Waals surface area contributed by atoms with Crippen molar-refractivity contribution in [2.75, 3.05) is 6.61 Å². The van der Waals surface area contributed by atoms with E-state index >= 15 is 0 Å². The van der Waals surface area contributed by atoms with Crippen LogP contribution in [0.5, 0.6) is 5.75 Å². The minimum absolute atomic E-state index is 0.452. The third-order valence-corrected chi connectivity index (χ3v) is 2.88. The van der Waals surface area contributed by atoms with Gasteiger partial charge in [-0.15, -0.1) is 0 Å². The zero-order valence-corrected chi connectivity index (χ0v) is 11.9. The summed E-state index contributed by atoms with van der Waals surface area (Å²) in [6.07, 6.45) is 1.01.